The molecule has 3 aromatic rings. The Morgan fingerprint density at radius 2 is 1.84 bits per heavy atom. The predicted octanol–water partition coefficient (Wildman–Crippen LogP) is 4.05. The molecule has 168 valence electrons. The van der Waals surface area contributed by atoms with E-state index < -0.39 is 0 Å². The molecule has 2 heterocycles. The molecule has 1 aliphatic carbocycles. The quantitative estimate of drug-likeness (QED) is 0.608. The van der Waals surface area contributed by atoms with Crippen molar-refractivity contribution in [2.75, 3.05) is 19.5 Å². The van der Waals surface area contributed by atoms with Crippen LogP contribution >= 0.6 is 11.3 Å². The van der Waals surface area contributed by atoms with Crippen molar-refractivity contribution in [3.05, 3.63) is 46.8 Å². The number of benzene rings is 1. The van der Waals surface area contributed by atoms with Crippen molar-refractivity contribution >= 4 is 22.9 Å². The average Bonchev–Trinajstić information content (AvgIpc) is 3.20. The van der Waals surface area contributed by atoms with Gasteiger partial charge < -0.3 is 14.8 Å². The first-order valence-corrected chi connectivity index (χ1v) is 11.5. The van der Waals surface area contributed by atoms with Gasteiger partial charge in [-0.15, -0.1) is 0 Å². The summed E-state index contributed by atoms with van der Waals surface area (Å²) in [6, 6.07) is 11.1. The number of aromatic nitrogens is 3. The zero-order valence-electron chi connectivity index (χ0n) is 18.5. The number of ether oxygens (including phenoxy) is 2. The van der Waals surface area contributed by atoms with Gasteiger partial charge in [-0.1, -0.05) is 42.7 Å². The maximum Gasteiger partial charge on any atom is 0.255 e. The Morgan fingerprint density at radius 3 is 2.53 bits per heavy atom. The number of rotatable bonds is 6. The van der Waals surface area contributed by atoms with Crippen molar-refractivity contribution in [3.63, 3.8) is 0 Å². The molecule has 1 saturated carbocycles. The second-order valence-electron chi connectivity index (χ2n) is 7.68. The molecular weight excluding hydrogens is 426 g/mol. The van der Waals surface area contributed by atoms with Crippen LogP contribution in [-0.2, 0) is 7.05 Å². The van der Waals surface area contributed by atoms with Crippen LogP contribution in [0, 0.1) is 0 Å². The number of pyridine rings is 1. The minimum absolute atomic E-state index is 0.250. The average molecular weight is 454 g/mol. The van der Waals surface area contributed by atoms with Gasteiger partial charge >= 0.3 is 0 Å². The Labute approximate surface area is 191 Å². The fourth-order valence-electron chi connectivity index (χ4n) is 3.69. The van der Waals surface area contributed by atoms with Gasteiger partial charge in [-0.3, -0.25) is 9.79 Å². The lowest BCUT2D eigenvalue weighted by Crippen LogP contribution is -2.18. The van der Waals surface area contributed by atoms with Gasteiger partial charge in [0.15, 0.2) is 0 Å². The van der Waals surface area contributed by atoms with E-state index >= 15 is 0 Å². The van der Waals surface area contributed by atoms with Crippen LogP contribution in [0.3, 0.4) is 0 Å². The van der Waals surface area contributed by atoms with Crippen LogP contribution in [0.4, 0.5) is 5.69 Å². The molecule has 32 heavy (non-hydrogen) atoms. The maximum absolute atomic E-state index is 12.7. The Bertz CT molecular complexity index is 1150. The summed E-state index contributed by atoms with van der Waals surface area (Å²) < 4.78 is 12.2. The van der Waals surface area contributed by atoms with Crippen molar-refractivity contribution < 1.29 is 14.3 Å². The predicted molar refractivity (Wildman–Crippen MR) is 124 cm³/mol. The van der Waals surface area contributed by atoms with Crippen LogP contribution in [0.1, 0.15) is 42.5 Å². The van der Waals surface area contributed by atoms with E-state index in [0.717, 1.165) is 28.2 Å². The summed E-state index contributed by atoms with van der Waals surface area (Å²) in [5.41, 5.74) is 1.96. The van der Waals surface area contributed by atoms with Crippen LogP contribution < -0.4 is 19.6 Å². The van der Waals surface area contributed by atoms with Crippen LogP contribution in [0.2, 0.25) is 0 Å². The van der Waals surface area contributed by atoms with Crippen molar-refractivity contribution in [1.82, 2.24) is 14.8 Å². The third-order valence-electron chi connectivity index (χ3n) is 5.45. The van der Waals surface area contributed by atoms with Crippen LogP contribution in [0.15, 0.2) is 41.4 Å². The van der Waals surface area contributed by atoms with Gasteiger partial charge in [0, 0.05) is 24.2 Å². The first kappa shape index (κ1) is 22.0. The van der Waals surface area contributed by atoms with Gasteiger partial charge in [-0.25, -0.2) is 4.68 Å². The first-order valence-electron chi connectivity index (χ1n) is 10.7. The van der Waals surface area contributed by atoms with Crippen LogP contribution in [0.25, 0.3) is 10.6 Å². The minimum Gasteiger partial charge on any atom is -0.481 e. The molecule has 1 amide bonds. The van der Waals surface area contributed by atoms with E-state index in [1.54, 1.807) is 35.6 Å². The molecule has 0 atom stereocenters. The zero-order valence-corrected chi connectivity index (χ0v) is 19.3. The van der Waals surface area contributed by atoms with E-state index in [-0.39, 0.29) is 5.91 Å². The molecule has 1 aliphatic rings. The highest BCUT2D eigenvalue weighted by molar-refractivity contribution is 7.12. The van der Waals surface area contributed by atoms with Gasteiger partial charge in [0.25, 0.3) is 5.91 Å². The number of nitrogens with zero attached hydrogens (tertiary/aromatic N) is 4. The first-order chi connectivity index (χ1) is 15.6. The fourth-order valence-corrected chi connectivity index (χ4v) is 4.66. The number of amides is 1. The number of carbonyl (C=O) groups is 1. The van der Waals surface area contributed by atoms with E-state index in [9.17, 15) is 4.79 Å². The molecule has 9 heteroatoms. The third kappa shape index (κ3) is 4.99. The molecule has 0 unspecified atom stereocenters. The third-order valence-corrected chi connectivity index (χ3v) is 6.52. The number of carbonyl (C=O) groups excluding carboxylic acids is 1. The Balaban J connectivity index is 1.49. The van der Waals surface area contributed by atoms with Gasteiger partial charge in [0.1, 0.15) is 10.7 Å². The number of methoxy groups -OCH3 is 2. The summed E-state index contributed by atoms with van der Waals surface area (Å²) in [5, 5.41) is 8.35. The van der Waals surface area contributed by atoms with E-state index in [2.05, 4.69) is 15.4 Å². The molecule has 1 N–H and O–H groups in total. The van der Waals surface area contributed by atoms with E-state index in [4.69, 9.17) is 14.5 Å². The summed E-state index contributed by atoms with van der Waals surface area (Å²) in [6.45, 7) is 0. The summed E-state index contributed by atoms with van der Waals surface area (Å²) in [7, 11) is 4.95. The molecule has 0 spiro atoms. The van der Waals surface area contributed by atoms with Crippen LogP contribution in [-0.4, -0.2) is 40.9 Å². The Kier molecular flexibility index (Phi) is 6.84. The molecule has 1 aromatic carbocycles. The highest BCUT2D eigenvalue weighted by Crippen LogP contribution is 2.26. The lowest BCUT2D eigenvalue weighted by atomic mass is 9.96. The summed E-state index contributed by atoms with van der Waals surface area (Å²) >= 11 is 1.58. The molecule has 0 aliphatic heterocycles. The molecule has 2 aromatic heterocycles. The Hall–Kier alpha value is -3.20. The van der Waals surface area contributed by atoms with Crippen molar-refractivity contribution in [3.8, 4) is 22.3 Å². The number of nitrogens with one attached hydrogen (secondary N) is 1. The van der Waals surface area contributed by atoms with Crippen molar-refractivity contribution in [2.45, 2.75) is 38.1 Å². The van der Waals surface area contributed by atoms with E-state index in [0.29, 0.717) is 29.1 Å². The monoisotopic (exact) mass is 453 g/mol. The van der Waals surface area contributed by atoms with Gasteiger partial charge in [0.2, 0.25) is 16.6 Å². The number of aryl methyl sites for hydroxylation is 1. The second kappa shape index (κ2) is 9.95. The standard InChI is InChI=1S/C23H27N5O3S/c1-28-23(24-17-7-5-4-6-8-17)32-22(27-28)16-11-9-15(10-12-16)20(29)25-18-13-14-19(30-2)26-21(18)31-3/h9-14,17H,4-8H2,1-3H3,(H,25,29)/b24-23+. The number of hydrogen-bond acceptors (Lipinski definition) is 7. The number of hydrogen-bond donors (Lipinski definition) is 1. The summed E-state index contributed by atoms with van der Waals surface area (Å²) in [5.74, 6) is 0.453. The minimum atomic E-state index is -0.250. The topological polar surface area (TPSA) is 90.6 Å². The second-order valence-corrected chi connectivity index (χ2v) is 8.63. The summed E-state index contributed by atoms with van der Waals surface area (Å²) in [6.07, 6.45) is 6.14. The summed E-state index contributed by atoms with van der Waals surface area (Å²) in [4.78, 5) is 22.7. The number of anilines is 1. The smallest absolute Gasteiger partial charge is 0.255 e. The largest absolute Gasteiger partial charge is 0.481 e. The van der Waals surface area contributed by atoms with Crippen molar-refractivity contribution in [1.29, 1.82) is 0 Å². The van der Waals surface area contributed by atoms with Crippen LogP contribution in [0.5, 0.6) is 11.8 Å². The molecule has 0 bridgehead atoms. The van der Waals surface area contributed by atoms with Gasteiger partial charge in [0.05, 0.1) is 20.3 Å². The molecule has 0 saturated heterocycles. The van der Waals surface area contributed by atoms with Gasteiger partial charge in [-0.2, -0.15) is 10.1 Å². The molecule has 4 rings (SSSR count). The highest BCUT2D eigenvalue weighted by atomic mass is 32.1. The lowest BCUT2D eigenvalue weighted by Gasteiger charge is -2.16. The molecule has 0 radical (unpaired) electrons. The van der Waals surface area contributed by atoms with E-state index in [1.165, 1.54) is 33.5 Å². The SMILES string of the molecule is COc1ccc(NC(=O)c2ccc(-c3nn(C)/c(=N\C4CCCCC4)s3)cc2)c(OC)n1. The molecule has 1 fully saturated rings. The lowest BCUT2D eigenvalue weighted by molar-refractivity contribution is 0.102. The normalized spacial score (nSPS) is 14.9. The van der Waals surface area contributed by atoms with Gasteiger partial charge in [-0.05, 0) is 31.0 Å². The Morgan fingerprint density at radius 1 is 1.09 bits per heavy atom. The van der Waals surface area contributed by atoms with Crippen molar-refractivity contribution in [2.24, 2.45) is 12.0 Å². The maximum atomic E-state index is 12.7. The zero-order chi connectivity index (χ0) is 22.5. The fraction of sp³-hybridized carbons (Fsp3) is 0.391. The molecule has 8 nitrogen and oxygen atoms in total. The molecular formula is C23H27N5O3S. The highest BCUT2D eigenvalue weighted by Gasteiger charge is 2.15. The van der Waals surface area contributed by atoms with E-state index in [1.807, 2.05) is 23.9 Å².